The van der Waals surface area contributed by atoms with Crippen LogP contribution in [0.5, 0.6) is 5.75 Å². The van der Waals surface area contributed by atoms with Crippen LogP contribution in [0.2, 0.25) is 0 Å². The number of carbonyl (C=O) groups excluding carboxylic acids is 1. The molecule has 0 fully saturated rings. The predicted molar refractivity (Wildman–Crippen MR) is 70.5 cm³/mol. The molecule has 5 nitrogen and oxygen atoms in total. The Balaban J connectivity index is 2.46. The summed E-state index contributed by atoms with van der Waals surface area (Å²) in [5, 5.41) is 0. The third-order valence-electron chi connectivity index (χ3n) is 2.23. The Labute approximate surface area is 107 Å². The molecule has 4 N–H and O–H groups in total. The average molecular weight is 252 g/mol. The number of rotatable bonds is 7. The zero-order valence-corrected chi connectivity index (χ0v) is 10.8. The highest BCUT2D eigenvalue weighted by Gasteiger charge is 2.06. The van der Waals surface area contributed by atoms with Crippen molar-refractivity contribution >= 4 is 11.6 Å². The van der Waals surface area contributed by atoms with Gasteiger partial charge in [-0.25, -0.2) is 0 Å². The van der Waals surface area contributed by atoms with E-state index in [2.05, 4.69) is 13.8 Å². The lowest BCUT2D eigenvalue weighted by atomic mass is 10.2. The third kappa shape index (κ3) is 4.63. The molecule has 100 valence electrons. The number of carbonyl (C=O) groups is 1. The number of nitrogen functional groups attached to an aromatic ring is 1. The molecule has 1 rings (SSSR count). The van der Waals surface area contributed by atoms with Crippen molar-refractivity contribution in [2.75, 3.05) is 25.6 Å². The first-order valence-corrected chi connectivity index (χ1v) is 5.90. The zero-order valence-electron chi connectivity index (χ0n) is 10.8. The summed E-state index contributed by atoms with van der Waals surface area (Å²) in [5.41, 5.74) is 11.8. The van der Waals surface area contributed by atoms with Crippen molar-refractivity contribution in [3.05, 3.63) is 23.8 Å². The Morgan fingerprint density at radius 3 is 2.67 bits per heavy atom. The van der Waals surface area contributed by atoms with Gasteiger partial charge in [-0.15, -0.1) is 0 Å². The van der Waals surface area contributed by atoms with Gasteiger partial charge in [-0.05, 0) is 24.1 Å². The number of hydrogen-bond donors (Lipinski definition) is 2. The largest absolute Gasteiger partial charge is 0.489 e. The second-order valence-electron chi connectivity index (χ2n) is 4.43. The molecule has 18 heavy (non-hydrogen) atoms. The van der Waals surface area contributed by atoms with Crippen LogP contribution >= 0.6 is 0 Å². The monoisotopic (exact) mass is 252 g/mol. The first kappa shape index (κ1) is 14.3. The summed E-state index contributed by atoms with van der Waals surface area (Å²) in [6.45, 7) is 5.72. The minimum Gasteiger partial charge on any atom is -0.489 e. The van der Waals surface area contributed by atoms with Gasteiger partial charge in [0, 0.05) is 12.2 Å². The maximum absolute atomic E-state index is 11.0. The highest BCUT2D eigenvalue weighted by molar-refractivity contribution is 5.93. The first-order valence-electron chi connectivity index (χ1n) is 5.90. The summed E-state index contributed by atoms with van der Waals surface area (Å²) in [5.74, 6) is 0.448. The van der Waals surface area contributed by atoms with Crippen molar-refractivity contribution < 1.29 is 14.3 Å². The van der Waals surface area contributed by atoms with E-state index in [1.165, 1.54) is 0 Å². The van der Waals surface area contributed by atoms with Gasteiger partial charge in [-0.1, -0.05) is 13.8 Å². The number of primary amides is 1. The van der Waals surface area contributed by atoms with Gasteiger partial charge >= 0.3 is 0 Å². The van der Waals surface area contributed by atoms with Crippen molar-refractivity contribution in [1.29, 1.82) is 0 Å². The lowest BCUT2D eigenvalue weighted by Gasteiger charge is -2.11. The third-order valence-corrected chi connectivity index (χ3v) is 2.23. The SMILES string of the molecule is CC(C)COCCOc1cc(C(N)=O)ccc1N. The van der Waals surface area contributed by atoms with Gasteiger partial charge in [-0.2, -0.15) is 0 Å². The van der Waals surface area contributed by atoms with Crippen molar-refractivity contribution in [1.82, 2.24) is 0 Å². The number of ether oxygens (including phenoxy) is 2. The minimum atomic E-state index is -0.504. The van der Waals surface area contributed by atoms with Crippen LogP contribution in [0.3, 0.4) is 0 Å². The molecule has 5 heteroatoms. The maximum atomic E-state index is 11.0. The summed E-state index contributed by atoms with van der Waals surface area (Å²) >= 11 is 0. The van der Waals surface area contributed by atoms with Gasteiger partial charge in [0.2, 0.25) is 5.91 Å². The van der Waals surface area contributed by atoms with E-state index in [1.54, 1.807) is 18.2 Å². The lowest BCUT2D eigenvalue weighted by molar-refractivity contribution is 0.0820. The molecule has 0 bridgehead atoms. The molecule has 0 aliphatic carbocycles. The molecule has 1 amide bonds. The van der Waals surface area contributed by atoms with Gasteiger partial charge in [0.15, 0.2) is 0 Å². The minimum absolute atomic E-state index is 0.377. The van der Waals surface area contributed by atoms with Crippen LogP contribution in [0.15, 0.2) is 18.2 Å². The number of anilines is 1. The molecule has 0 radical (unpaired) electrons. The normalized spacial score (nSPS) is 10.6. The Morgan fingerprint density at radius 1 is 1.33 bits per heavy atom. The van der Waals surface area contributed by atoms with Crippen LogP contribution in [-0.2, 0) is 4.74 Å². The van der Waals surface area contributed by atoms with E-state index in [9.17, 15) is 4.79 Å². The fourth-order valence-corrected chi connectivity index (χ4v) is 1.34. The smallest absolute Gasteiger partial charge is 0.248 e. The summed E-state index contributed by atoms with van der Waals surface area (Å²) in [4.78, 5) is 11.0. The molecule has 1 aromatic carbocycles. The lowest BCUT2D eigenvalue weighted by Crippen LogP contribution is -2.13. The molecule has 0 saturated heterocycles. The molecular weight excluding hydrogens is 232 g/mol. The predicted octanol–water partition coefficient (Wildman–Crippen LogP) is 1.42. The fourth-order valence-electron chi connectivity index (χ4n) is 1.34. The number of nitrogens with two attached hydrogens (primary N) is 2. The average Bonchev–Trinajstić information content (AvgIpc) is 2.30. The topological polar surface area (TPSA) is 87.6 Å². The van der Waals surface area contributed by atoms with Crippen molar-refractivity contribution in [2.45, 2.75) is 13.8 Å². The van der Waals surface area contributed by atoms with Crippen LogP contribution in [0.4, 0.5) is 5.69 Å². The second-order valence-corrected chi connectivity index (χ2v) is 4.43. The summed E-state index contributed by atoms with van der Waals surface area (Å²) in [6, 6.07) is 4.71. The number of benzene rings is 1. The molecule has 1 aromatic rings. The maximum Gasteiger partial charge on any atom is 0.248 e. The van der Waals surface area contributed by atoms with Crippen LogP contribution < -0.4 is 16.2 Å². The van der Waals surface area contributed by atoms with Crippen LogP contribution in [0.25, 0.3) is 0 Å². The summed E-state index contributed by atoms with van der Waals surface area (Å²) in [6.07, 6.45) is 0. The number of hydrogen-bond acceptors (Lipinski definition) is 4. The molecule has 0 aliphatic heterocycles. The second kappa shape index (κ2) is 6.86. The fraction of sp³-hybridized carbons (Fsp3) is 0.462. The highest BCUT2D eigenvalue weighted by atomic mass is 16.5. The highest BCUT2D eigenvalue weighted by Crippen LogP contribution is 2.22. The van der Waals surface area contributed by atoms with Crippen LogP contribution in [-0.4, -0.2) is 25.7 Å². The van der Waals surface area contributed by atoms with Crippen molar-refractivity contribution in [3.8, 4) is 5.75 Å². The Morgan fingerprint density at radius 2 is 2.06 bits per heavy atom. The van der Waals surface area contributed by atoms with E-state index >= 15 is 0 Å². The zero-order chi connectivity index (χ0) is 13.5. The molecule has 0 unspecified atom stereocenters. The van der Waals surface area contributed by atoms with E-state index < -0.39 is 5.91 Å². The Hall–Kier alpha value is -1.75. The number of amides is 1. The van der Waals surface area contributed by atoms with Crippen molar-refractivity contribution in [3.63, 3.8) is 0 Å². The van der Waals surface area contributed by atoms with Gasteiger partial charge in [0.1, 0.15) is 12.4 Å². The standard InChI is InChI=1S/C13H20N2O3/c1-9(2)8-17-5-6-18-12-7-10(13(15)16)3-4-11(12)14/h3-4,7,9H,5-6,8,14H2,1-2H3,(H2,15,16). The van der Waals surface area contributed by atoms with Crippen LogP contribution in [0, 0.1) is 5.92 Å². The van der Waals surface area contributed by atoms with E-state index in [0.717, 1.165) is 0 Å². The first-order chi connectivity index (χ1) is 8.50. The molecule has 0 aromatic heterocycles. The van der Waals surface area contributed by atoms with E-state index in [-0.39, 0.29) is 0 Å². The Kier molecular flexibility index (Phi) is 5.45. The molecule has 0 atom stereocenters. The van der Waals surface area contributed by atoms with Gasteiger partial charge in [-0.3, -0.25) is 4.79 Å². The van der Waals surface area contributed by atoms with Gasteiger partial charge in [0.25, 0.3) is 0 Å². The van der Waals surface area contributed by atoms with Gasteiger partial charge in [0.05, 0.1) is 12.3 Å². The van der Waals surface area contributed by atoms with Crippen LogP contribution in [0.1, 0.15) is 24.2 Å². The van der Waals surface area contributed by atoms with E-state index in [0.29, 0.717) is 42.7 Å². The molecule has 0 heterocycles. The molecular formula is C13H20N2O3. The molecule has 0 spiro atoms. The Bertz CT molecular complexity index is 405. The summed E-state index contributed by atoms with van der Waals surface area (Å²) < 4.78 is 10.8. The van der Waals surface area contributed by atoms with Crippen molar-refractivity contribution in [2.24, 2.45) is 11.7 Å². The van der Waals surface area contributed by atoms with Gasteiger partial charge < -0.3 is 20.9 Å². The summed E-state index contributed by atoms with van der Waals surface area (Å²) in [7, 11) is 0. The quantitative estimate of drug-likeness (QED) is 0.567. The van der Waals surface area contributed by atoms with E-state index in [1.807, 2.05) is 0 Å². The van der Waals surface area contributed by atoms with E-state index in [4.69, 9.17) is 20.9 Å². The molecule has 0 saturated carbocycles. The molecule has 0 aliphatic rings.